The number of halogens is 1. The number of piperazine rings is 1. The normalized spacial score (nSPS) is 16.4. The Kier molecular flexibility index (Phi) is 5.59. The van der Waals surface area contributed by atoms with Gasteiger partial charge in [0.25, 0.3) is 0 Å². The van der Waals surface area contributed by atoms with Crippen LogP contribution >= 0.6 is 11.6 Å². The number of amides is 2. The molecular formula is C15H20ClN3O2. The zero-order valence-corrected chi connectivity index (χ0v) is 12.8. The predicted octanol–water partition coefficient (Wildman–Crippen LogP) is 1.34. The Morgan fingerprint density at radius 3 is 2.48 bits per heavy atom. The summed E-state index contributed by atoms with van der Waals surface area (Å²) in [6.45, 7) is 4.52. The van der Waals surface area contributed by atoms with Crippen LogP contribution in [0.2, 0.25) is 5.02 Å². The molecule has 6 heteroatoms. The molecule has 0 radical (unpaired) electrons. The van der Waals surface area contributed by atoms with Crippen molar-refractivity contribution in [3.8, 4) is 0 Å². The summed E-state index contributed by atoms with van der Waals surface area (Å²) in [6.07, 6.45) is 0.265. The van der Waals surface area contributed by atoms with Gasteiger partial charge in [0, 0.05) is 38.1 Å². The fourth-order valence-electron chi connectivity index (χ4n) is 2.41. The first-order chi connectivity index (χ1) is 10.1. The van der Waals surface area contributed by atoms with E-state index in [1.54, 1.807) is 12.1 Å². The first kappa shape index (κ1) is 15.8. The monoisotopic (exact) mass is 309 g/mol. The van der Waals surface area contributed by atoms with Crippen molar-refractivity contribution in [2.45, 2.75) is 19.4 Å². The van der Waals surface area contributed by atoms with Gasteiger partial charge in [0.2, 0.25) is 11.8 Å². The van der Waals surface area contributed by atoms with Gasteiger partial charge >= 0.3 is 0 Å². The van der Waals surface area contributed by atoms with E-state index < -0.39 is 0 Å². The number of benzene rings is 1. The molecule has 1 fully saturated rings. The second kappa shape index (κ2) is 7.43. The maximum atomic E-state index is 12.4. The van der Waals surface area contributed by atoms with Gasteiger partial charge in [-0.1, -0.05) is 23.7 Å². The van der Waals surface area contributed by atoms with E-state index in [0.29, 0.717) is 18.1 Å². The van der Waals surface area contributed by atoms with Crippen LogP contribution in [-0.4, -0.2) is 42.9 Å². The molecule has 0 bridgehead atoms. The molecule has 1 unspecified atom stereocenters. The molecule has 21 heavy (non-hydrogen) atoms. The average Bonchev–Trinajstić information content (AvgIpc) is 2.48. The van der Waals surface area contributed by atoms with E-state index in [2.05, 4.69) is 10.6 Å². The fourth-order valence-corrected chi connectivity index (χ4v) is 2.54. The van der Waals surface area contributed by atoms with Gasteiger partial charge in [-0.05, 0) is 17.7 Å². The largest absolute Gasteiger partial charge is 0.349 e. The highest BCUT2D eigenvalue weighted by atomic mass is 35.5. The van der Waals surface area contributed by atoms with Crippen LogP contribution in [0.4, 0.5) is 0 Å². The molecule has 1 aliphatic heterocycles. The lowest BCUT2D eigenvalue weighted by Crippen LogP contribution is -2.47. The van der Waals surface area contributed by atoms with E-state index in [1.807, 2.05) is 17.0 Å². The molecule has 2 amide bonds. The molecule has 2 rings (SSSR count). The predicted molar refractivity (Wildman–Crippen MR) is 82.1 cm³/mol. The van der Waals surface area contributed by atoms with E-state index in [-0.39, 0.29) is 24.3 Å². The summed E-state index contributed by atoms with van der Waals surface area (Å²) in [5, 5.41) is 6.69. The molecule has 5 nitrogen and oxygen atoms in total. The number of carbonyl (C=O) groups is 2. The van der Waals surface area contributed by atoms with Crippen LogP contribution in [0.3, 0.4) is 0 Å². The van der Waals surface area contributed by atoms with Crippen LogP contribution in [0.25, 0.3) is 0 Å². The quantitative estimate of drug-likeness (QED) is 0.882. The molecule has 2 N–H and O–H groups in total. The van der Waals surface area contributed by atoms with Gasteiger partial charge in [-0.25, -0.2) is 0 Å². The van der Waals surface area contributed by atoms with Crippen molar-refractivity contribution in [2.24, 2.45) is 0 Å². The maximum absolute atomic E-state index is 12.4. The Balaban J connectivity index is 2.06. The summed E-state index contributed by atoms with van der Waals surface area (Å²) in [5.41, 5.74) is 0.887. The third kappa shape index (κ3) is 4.72. The van der Waals surface area contributed by atoms with Gasteiger partial charge < -0.3 is 15.5 Å². The molecule has 0 aromatic heterocycles. The number of hydrogen-bond acceptors (Lipinski definition) is 3. The van der Waals surface area contributed by atoms with Gasteiger partial charge in [-0.15, -0.1) is 0 Å². The minimum atomic E-state index is -0.317. The second-order valence-corrected chi connectivity index (χ2v) is 5.58. The molecule has 1 atom stereocenters. The van der Waals surface area contributed by atoms with Gasteiger partial charge in [-0.3, -0.25) is 9.59 Å². The molecule has 1 heterocycles. The van der Waals surface area contributed by atoms with Crippen LogP contribution in [-0.2, 0) is 9.59 Å². The first-order valence-corrected chi connectivity index (χ1v) is 7.45. The molecule has 1 aromatic carbocycles. The molecule has 114 valence electrons. The van der Waals surface area contributed by atoms with Crippen LogP contribution in [0.15, 0.2) is 24.3 Å². The van der Waals surface area contributed by atoms with Crippen molar-refractivity contribution in [1.29, 1.82) is 0 Å². The molecule has 1 saturated heterocycles. The topological polar surface area (TPSA) is 61.4 Å². The number of nitrogens with zero attached hydrogens (tertiary/aromatic N) is 1. The maximum Gasteiger partial charge on any atom is 0.225 e. The third-order valence-electron chi connectivity index (χ3n) is 3.50. The van der Waals surface area contributed by atoms with E-state index in [4.69, 9.17) is 11.6 Å². The average molecular weight is 310 g/mol. The van der Waals surface area contributed by atoms with Crippen molar-refractivity contribution < 1.29 is 9.59 Å². The lowest BCUT2D eigenvalue weighted by atomic mass is 10.0. The van der Waals surface area contributed by atoms with Gasteiger partial charge in [0.15, 0.2) is 0 Å². The highest BCUT2D eigenvalue weighted by Gasteiger charge is 2.22. The van der Waals surface area contributed by atoms with Crippen molar-refractivity contribution in [3.63, 3.8) is 0 Å². The summed E-state index contributed by atoms with van der Waals surface area (Å²) in [4.78, 5) is 25.6. The first-order valence-electron chi connectivity index (χ1n) is 7.07. The van der Waals surface area contributed by atoms with Gasteiger partial charge in [0.05, 0.1) is 12.5 Å². The highest BCUT2D eigenvalue weighted by Crippen LogP contribution is 2.20. The van der Waals surface area contributed by atoms with E-state index in [1.165, 1.54) is 6.92 Å². The summed E-state index contributed by atoms with van der Waals surface area (Å²) in [7, 11) is 0. The summed E-state index contributed by atoms with van der Waals surface area (Å²) in [6, 6.07) is 6.89. The van der Waals surface area contributed by atoms with E-state index >= 15 is 0 Å². The summed E-state index contributed by atoms with van der Waals surface area (Å²) >= 11 is 5.88. The number of carbonyl (C=O) groups excluding carboxylic acids is 2. The van der Waals surface area contributed by atoms with Crippen LogP contribution in [0, 0.1) is 0 Å². The van der Waals surface area contributed by atoms with Gasteiger partial charge in [-0.2, -0.15) is 0 Å². The Labute approximate surface area is 129 Å². The molecule has 0 aliphatic carbocycles. The Hall–Kier alpha value is -1.59. The highest BCUT2D eigenvalue weighted by molar-refractivity contribution is 6.30. The SMILES string of the molecule is CC(=O)NC(CC(=O)N1CCNCC1)c1ccc(Cl)cc1. The Bertz CT molecular complexity index is 498. The summed E-state index contributed by atoms with van der Waals surface area (Å²) in [5.74, 6) is -0.0896. The zero-order valence-electron chi connectivity index (χ0n) is 12.1. The smallest absolute Gasteiger partial charge is 0.225 e. The number of nitrogens with one attached hydrogen (secondary N) is 2. The van der Waals surface area contributed by atoms with Crippen LogP contribution in [0.1, 0.15) is 24.9 Å². The minimum Gasteiger partial charge on any atom is -0.349 e. The molecule has 0 spiro atoms. The van der Waals surface area contributed by atoms with Crippen LogP contribution < -0.4 is 10.6 Å². The van der Waals surface area contributed by atoms with Crippen molar-refractivity contribution in [1.82, 2.24) is 15.5 Å². The number of hydrogen-bond donors (Lipinski definition) is 2. The Morgan fingerprint density at radius 2 is 1.90 bits per heavy atom. The standard InChI is InChI=1S/C15H20ClN3O2/c1-11(20)18-14(12-2-4-13(16)5-3-12)10-15(21)19-8-6-17-7-9-19/h2-5,14,17H,6-10H2,1H3,(H,18,20). The molecule has 1 aromatic rings. The second-order valence-electron chi connectivity index (χ2n) is 5.14. The van der Waals surface area contributed by atoms with Crippen LogP contribution in [0.5, 0.6) is 0 Å². The third-order valence-corrected chi connectivity index (χ3v) is 3.75. The zero-order chi connectivity index (χ0) is 15.2. The van der Waals surface area contributed by atoms with Crippen molar-refractivity contribution in [2.75, 3.05) is 26.2 Å². The van der Waals surface area contributed by atoms with Gasteiger partial charge in [0.1, 0.15) is 0 Å². The summed E-state index contributed by atoms with van der Waals surface area (Å²) < 4.78 is 0. The number of rotatable bonds is 4. The van der Waals surface area contributed by atoms with E-state index in [0.717, 1.165) is 18.7 Å². The lowest BCUT2D eigenvalue weighted by Gasteiger charge is -2.29. The van der Waals surface area contributed by atoms with E-state index in [9.17, 15) is 9.59 Å². The Morgan fingerprint density at radius 1 is 1.29 bits per heavy atom. The molecule has 1 aliphatic rings. The van der Waals surface area contributed by atoms with Crippen molar-refractivity contribution in [3.05, 3.63) is 34.9 Å². The minimum absolute atomic E-state index is 0.0604. The molecular weight excluding hydrogens is 290 g/mol. The van der Waals surface area contributed by atoms with Crippen molar-refractivity contribution >= 4 is 23.4 Å². The fraction of sp³-hybridized carbons (Fsp3) is 0.467. The molecule has 0 saturated carbocycles. The lowest BCUT2D eigenvalue weighted by molar-refractivity contribution is -0.132.